The molecule has 16 aromatic rings. The van der Waals surface area contributed by atoms with Crippen molar-refractivity contribution >= 4 is 157 Å². The number of para-hydroxylation sites is 2. The van der Waals surface area contributed by atoms with Crippen molar-refractivity contribution < 1.29 is 0 Å². The van der Waals surface area contributed by atoms with Crippen molar-refractivity contribution in [3.8, 4) is 100 Å². The van der Waals surface area contributed by atoms with Gasteiger partial charge in [-0.15, -0.1) is 90.7 Å². The highest BCUT2D eigenvalue weighted by Crippen LogP contribution is 2.54. The van der Waals surface area contributed by atoms with E-state index in [0.717, 1.165) is 49.8 Å². The summed E-state index contributed by atoms with van der Waals surface area (Å²) in [7, 11) is 0. The lowest BCUT2D eigenvalue weighted by Gasteiger charge is -2.14. The molecule has 16 rings (SSSR count). The van der Waals surface area contributed by atoms with E-state index in [1.165, 1.54) is 306 Å². The lowest BCUT2D eigenvalue weighted by molar-refractivity contribution is 0.450. The van der Waals surface area contributed by atoms with E-state index in [1.807, 2.05) is 90.7 Å². The van der Waals surface area contributed by atoms with Crippen LogP contribution in [0.1, 0.15) is 220 Å². The van der Waals surface area contributed by atoms with Crippen LogP contribution >= 0.6 is 102 Å². The molecule has 0 aliphatic carbocycles. The second kappa shape index (κ2) is 38.0. The maximum Gasteiger partial charge on any atom is 0.114 e. The number of nitrogens with zero attached hydrogens (tertiary/aromatic N) is 4. The molecule has 0 spiro atoms. The fourth-order valence-electron chi connectivity index (χ4n) is 17.9. The summed E-state index contributed by atoms with van der Waals surface area (Å²) in [5.41, 5.74) is 18.5. The summed E-state index contributed by atoms with van der Waals surface area (Å²) < 4.78 is 15.6. The number of hydrogen-bond acceptors (Lipinski definition) is 11. The molecule has 11 aromatic heterocycles. The Bertz CT molecular complexity index is 5570. The number of aryl methyl sites for hydroxylation is 2. The van der Waals surface area contributed by atoms with Crippen LogP contribution < -0.4 is 0 Å². The first-order valence-corrected chi connectivity index (χ1v) is 51.0. The SMILES string of the molecule is CCCCC(CC)Cc1cc(-c2ccc3c(c2)c2ccccc2n3CCCC)sc1-c1ccc(-c2ccc(-c3sc(-c4ccc(-c5cc(CC(CC)CCCC)c(-c6ccc(-c7ccc(-c8sc(-c9ccc%10c(c9)c9ccccc9n%10CCCC)cc8CC(CC)CCCC)s7)s6)s5)c5nsnc45)cc3CC(CC)CCCC)s2)s1. The molecule has 4 nitrogen and oxygen atoms in total. The van der Waals surface area contributed by atoms with E-state index >= 15 is 0 Å². The van der Waals surface area contributed by atoms with Gasteiger partial charge in [0.05, 0.1) is 11.7 Å². The Labute approximate surface area is 720 Å². The Balaban J connectivity index is 0.706. The van der Waals surface area contributed by atoms with Gasteiger partial charge in [0.1, 0.15) is 11.0 Å². The number of benzene rings is 5. The first-order chi connectivity index (χ1) is 56.5. The number of fused-ring (bicyclic) bond motifs is 7. The first-order valence-electron chi connectivity index (χ1n) is 43.7. The molecule has 0 fully saturated rings. The van der Waals surface area contributed by atoms with Gasteiger partial charge < -0.3 is 9.13 Å². The number of hydrogen-bond donors (Lipinski definition) is 0. The van der Waals surface area contributed by atoms with Crippen molar-refractivity contribution in [2.24, 2.45) is 23.7 Å². The molecule has 13 heteroatoms. The standard InChI is InChI=1S/C102H114N4S9/c1-11-21-31-65(17-7)55-71-61-93(69-39-43-83-79(59-69)75-35-27-29-37-81(75)105(83)53-25-15-5)111-99(71)89-49-45-85(107-89)87-47-51-91(109-87)101-73(57-67(19-9)33-23-13-3)63-95(113-101)77-41-42-78(98-97(77)103-115-104-98)96-64-74(58-68(20-10)34-24-14-4)102(114-96)92-52-48-88(110-92)86-46-50-90(108-86)100-72(56-66(18-8)32-22-12-2)62-94(112-100)70-40-44-84-80(60-70)76-36-28-30-38-82(76)106(84)54-26-16-6/h27-30,35-52,59-68H,11-26,31-34,53-58H2,1-10H3. The average molecular weight is 1680 g/mol. The van der Waals surface area contributed by atoms with Crippen molar-refractivity contribution in [1.82, 2.24) is 17.9 Å². The van der Waals surface area contributed by atoms with Gasteiger partial charge in [0.15, 0.2) is 0 Å². The molecule has 0 saturated carbocycles. The van der Waals surface area contributed by atoms with Crippen LogP contribution in [0.25, 0.3) is 155 Å². The van der Waals surface area contributed by atoms with Gasteiger partial charge in [-0.3, -0.25) is 0 Å². The third kappa shape index (κ3) is 17.5. The van der Waals surface area contributed by atoms with Crippen LogP contribution in [0, 0.1) is 23.7 Å². The molecule has 11 heterocycles. The Morgan fingerprint density at radius 3 is 0.887 bits per heavy atom. The second-order valence-corrected chi connectivity index (χ2v) is 41.7. The molecule has 5 aromatic carbocycles. The van der Waals surface area contributed by atoms with Gasteiger partial charge in [-0.05, 0) is 205 Å². The molecule has 115 heavy (non-hydrogen) atoms. The molecule has 0 amide bonds. The maximum atomic E-state index is 5.25. The Kier molecular flexibility index (Phi) is 27.1. The van der Waals surface area contributed by atoms with Crippen LogP contribution in [-0.4, -0.2) is 17.9 Å². The van der Waals surface area contributed by atoms with Gasteiger partial charge in [0.2, 0.25) is 0 Å². The third-order valence-electron chi connectivity index (χ3n) is 24.8. The van der Waals surface area contributed by atoms with E-state index in [0.29, 0.717) is 23.7 Å². The molecule has 0 aliphatic heterocycles. The van der Waals surface area contributed by atoms with Gasteiger partial charge in [0, 0.05) is 146 Å². The molecular weight excluding hydrogens is 1570 g/mol. The number of aromatic nitrogens is 4. The highest BCUT2D eigenvalue weighted by atomic mass is 32.1. The van der Waals surface area contributed by atoms with Gasteiger partial charge in [0.25, 0.3) is 0 Å². The predicted molar refractivity (Wildman–Crippen MR) is 519 cm³/mol. The van der Waals surface area contributed by atoms with E-state index in [4.69, 9.17) is 8.75 Å². The maximum absolute atomic E-state index is 5.25. The van der Waals surface area contributed by atoms with Crippen molar-refractivity contribution in [3.05, 3.63) is 192 Å². The van der Waals surface area contributed by atoms with Crippen LogP contribution in [0.4, 0.5) is 0 Å². The quantitative estimate of drug-likeness (QED) is 0.0384. The molecule has 0 radical (unpaired) electrons. The average Bonchev–Trinajstić information content (AvgIpc) is 1.61. The van der Waals surface area contributed by atoms with E-state index in [-0.39, 0.29) is 0 Å². The van der Waals surface area contributed by atoms with Gasteiger partial charge in [-0.1, -0.05) is 245 Å². The fourth-order valence-corrected chi connectivity index (χ4v) is 28.1. The van der Waals surface area contributed by atoms with E-state index < -0.39 is 0 Å². The van der Waals surface area contributed by atoms with Crippen LogP contribution in [0.3, 0.4) is 0 Å². The summed E-state index contributed by atoms with van der Waals surface area (Å²) in [6.07, 6.45) is 29.1. The fraction of sp³-hybridized carbons (Fsp3) is 0.392. The number of thiophene rings is 8. The largest absolute Gasteiger partial charge is 0.340 e. The Morgan fingerprint density at radius 2 is 0.565 bits per heavy atom. The molecule has 4 atom stereocenters. The van der Waals surface area contributed by atoms with E-state index in [2.05, 4.69) is 248 Å². The number of unbranched alkanes of at least 4 members (excludes halogenated alkanes) is 6. The molecule has 0 saturated heterocycles. The molecule has 0 aliphatic rings. The smallest absolute Gasteiger partial charge is 0.114 e. The summed E-state index contributed by atoms with van der Waals surface area (Å²) in [6, 6.07) is 67.2. The summed E-state index contributed by atoms with van der Waals surface area (Å²) in [5, 5.41) is 5.46. The van der Waals surface area contributed by atoms with Gasteiger partial charge >= 0.3 is 0 Å². The first kappa shape index (κ1) is 81.8. The van der Waals surface area contributed by atoms with E-state index in [9.17, 15) is 0 Å². The monoisotopic (exact) mass is 1680 g/mol. The van der Waals surface area contributed by atoms with Crippen LogP contribution in [0.2, 0.25) is 0 Å². The molecule has 0 bridgehead atoms. The zero-order valence-corrected chi connectivity index (χ0v) is 76.7. The highest BCUT2D eigenvalue weighted by molar-refractivity contribution is 7.30. The molecule has 4 unspecified atom stereocenters. The molecule has 596 valence electrons. The predicted octanol–water partition coefficient (Wildman–Crippen LogP) is 35.7. The zero-order chi connectivity index (χ0) is 79.1. The van der Waals surface area contributed by atoms with E-state index in [1.54, 1.807) is 0 Å². The minimum absolute atomic E-state index is 0.630. The number of rotatable bonds is 40. The van der Waals surface area contributed by atoms with Crippen molar-refractivity contribution in [2.75, 3.05) is 0 Å². The summed E-state index contributed by atoms with van der Waals surface area (Å²) in [5.74, 6) is 2.60. The van der Waals surface area contributed by atoms with Crippen molar-refractivity contribution in [1.29, 1.82) is 0 Å². The van der Waals surface area contributed by atoms with Gasteiger partial charge in [-0.2, -0.15) is 8.75 Å². The molecule has 0 N–H and O–H groups in total. The summed E-state index contributed by atoms with van der Waals surface area (Å²) in [4.78, 5) is 22.0. The van der Waals surface area contributed by atoms with Crippen LogP contribution in [0.5, 0.6) is 0 Å². The van der Waals surface area contributed by atoms with Crippen molar-refractivity contribution in [2.45, 2.75) is 236 Å². The third-order valence-corrected chi connectivity index (χ3v) is 35.6. The van der Waals surface area contributed by atoms with Gasteiger partial charge in [-0.25, -0.2) is 0 Å². The van der Waals surface area contributed by atoms with Crippen LogP contribution in [0.15, 0.2) is 170 Å². The summed E-state index contributed by atoms with van der Waals surface area (Å²) in [6.45, 7) is 25.7. The lowest BCUT2D eigenvalue weighted by Crippen LogP contribution is -2.03. The second-order valence-electron chi connectivity index (χ2n) is 32.6. The Morgan fingerprint density at radius 1 is 0.270 bits per heavy atom. The Hall–Kier alpha value is -6.88. The minimum atomic E-state index is 0.630. The highest BCUT2D eigenvalue weighted by Gasteiger charge is 2.28. The summed E-state index contributed by atoms with van der Waals surface area (Å²) >= 11 is 17.3. The van der Waals surface area contributed by atoms with Crippen LogP contribution in [-0.2, 0) is 38.8 Å². The zero-order valence-electron chi connectivity index (χ0n) is 69.3. The molecular formula is C102H114N4S9. The van der Waals surface area contributed by atoms with Crippen molar-refractivity contribution in [3.63, 3.8) is 0 Å². The normalized spacial score (nSPS) is 13.2. The minimum Gasteiger partial charge on any atom is -0.340 e. The topological polar surface area (TPSA) is 35.6 Å². The lowest BCUT2D eigenvalue weighted by atomic mass is 9.91.